The predicted octanol–water partition coefficient (Wildman–Crippen LogP) is 3.19. The van der Waals surface area contributed by atoms with E-state index in [-0.39, 0.29) is 5.41 Å². The minimum Gasteiger partial charge on any atom is -0.334 e. The summed E-state index contributed by atoms with van der Waals surface area (Å²) >= 11 is 0. The van der Waals surface area contributed by atoms with E-state index in [0.29, 0.717) is 17.4 Å². The molecule has 3 aromatic rings. The zero-order chi connectivity index (χ0) is 17.5. The highest BCUT2D eigenvalue weighted by Gasteiger charge is 2.49. The van der Waals surface area contributed by atoms with E-state index in [1.54, 1.807) is 24.3 Å². The molecule has 0 atom stereocenters. The first-order valence-electron chi connectivity index (χ1n) is 7.94. The van der Waals surface area contributed by atoms with Crippen LogP contribution >= 0.6 is 0 Å². The molecule has 1 aromatic heterocycles. The Labute approximate surface area is 145 Å². The smallest absolute Gasteiger partial charge is 0.257 e. The van der Waals surface area contributed by atoms with E-state index in [1.807, 2.05) is 18.2 Å². The maximum atomic E-state index is 11.3. The normalized spacial score (nSPS) is 15.7. The third kappa shape index (κ3) is 3.15. The largest absolute Gasteiger partial charge is 0.334 e. The number of rotatable bonds is 5. The highest BCUT2D eigenvalue weighted by atomic mass is 32.2. The Hall–Kier alpha value is -2.67. The quantitative estimate of drug-likeness (QED) is 0.760. The summed E-state index contributed by atoms with van der Waals surface area (Å²) in [6.45, 7) is 0. The van der Waals surface area contributed by atoms with Gasteiger partial charge < -0.3 is 4.52 Å². The minimum absolute atomic E-state index is 0.138. The van der Waals surface area contributed by atoms with Crippen LogP contribution < -0.4 is 4.72 Å². The molecule has 0 aliphatic heterocycles. The van der Waals surface area contributed by atoms with Gasteiger partial charge in [-0.15, -0.1) is 0 Å². The molecule has 4 rings (SSSR count). The van der Waals surface area contributed by atoms with Gasteiger partial charge in [0, 0.05) is 11.3 Å². The second-order valence-electron chi connectivity index (χ2n) is 6.32. The topological polar surface area (TPSA) is 85.1 Å². The molecule has 6 nitrogen and oxygen atoms in total. The first kappa shape index (κ1) is 15.8. The van der Waals surface area contributed by atoms with Crippen molar-refractivity contribution in [3.63, 3.8) is 0 Å². The highest BCUT2D eigenvalue weighted by molar-refractivity contribution is 7.92. The Bertz CT molecular complexity index is 992. The summed E-state index contributed by atoms with van der Waals surface area (Å²) in [4.78, 5) is 4.58. The third-order valence-corrected chi connectivity index (χ3v) is 4.97. The van der Waals surface area contributed by atoms with Crippen LogP contribution in [-0.4, -0.2) is 24.8 Å². The summed E-state index contributed by atoms with van der Waals surface area (Å²) in [7, 11) is -3.29. The summed E-state index contributed by atoms with van der Waals surface area (Å²) in [6.07, 6.45) is 3.13. The molecule has 0 bridgehead atoms. The number of hydrogen-bond donors (Lipinski definition) is 1. The maximum absolute atomic E-state index is 11.3. The Kier molecular flexibility index (Phi) is 3.61. The van der Waals surface area contributed by atoms with Crippen LogP contribution in [-0.2, 0) is 15.4 Å². The van der Waals surface area contributed by atoms with E-state index in [1.165, 1.54) is 5.56 Å². The first-order chi connectivity index (χ1) is 12.0. The molecule has 0 unspecified atom stereocenters. The molecule has 0 saturated heterocycles. The molecule has 1 N–H and O–H groups in total. The van der Waals surface area contributed by atoms with Crippen molar-refractivity contribution in [2.75, 3.05) is 11.0 Å². The van der Waals surface area contributed by atoms with Gasteiger partial charge in [-0.25, -0.2) is 8.42 Å². The third-order valence-electron chi connectivity index (χ3n) is 4.37. The van der Waals surface area contributed by atoms with Gasteiger partial charge in [-0.1, -0.05) is 35.5 Å². The Morgan fingerprint density at radius 3 is 2.32 bits per heavy atom. The zero-order valence-corrected chi connectivity index (χ0v) is 14.5. The fourth-order valence-corrected chi connectivity index (χ4v) is 3.52. The van der Waals surface area contributed by atoms with E-state index in [0.717, 1.165) is 24.7 Å². The molecule has 0 amide bonds. The van der Waals surface area contributed by atoms with Crippen LogP contribution in [0.2, 0.25) is 0 Å². The highest BCUT2D eigenvalue weighted by Crippen LogP contribution is 2.52. The van der Waals surface area contributed by atoms with Gasteiger partial charge in [0.2, 0.25) is 10.0 Å². The Morgan fingerprint density at radius 1 is 1.04 bits per heavy atom. The second-order valence-corrected chi connectivity index (χ2v) is 8.07. The van der Waals surface area contributed by atoms with Crippen LogP contribution in [0, 0.1) is 0 Å². The Balaban J connectivity index is 1.60. The fourth-order valence-electron chi connectivity index (χ4n) is 2.95. The molecule has 1 aliphatic rings. The number of sulfonamides is 1. The molecule has 1 saturated carbocycles. The van der Waals surface area contributed by atoms with Crippen LogP contribution in [0.15, 0.2) is 59.1 Å². The minimum atomic E-state index is -3.29. The van der Waals surface area contributed by atoms with Crippen molar-refractivity contribution < 1.29 is 12.9 Å². The summed E-state index contributed by atoms with van der Waals surface area (Å²) in [5.41, 5.74) is 2.31. The molecule has 25 heavy (non-hydrogen) atoms. The predicted molar refractivity (Wildman–Crippen MR) is 94.7 cm³/mol. The molecule has 128 valence electrons. The standard InChI is InChI=1S/C18H17N3O3S/c1-25(22,23)21-15-9-7-13(8-10-15)16-19-17(20-24-16)18(11-12-18)14-5-3-2-4-6-14/h2-10,21H,11-12H2,1H3. The van der Waals surface area contributed by atoms with Crippen molar-refractivity contribution in [3.8, 4) is 11.5 Å². The molecule has 1 fully saturated rings. The van der Waals surface area contributed by atoms with Crippen LogP contribution in [0.5, 0.6) is 0 Å². The van der Waals surface area contributed by atoms with E-state index >= 15 is 0 Å². The summed E-state index contributed by atoms with van der Waals surface area (Å²) < 4.78 is 30.4. The van der Waals surface area contributed by atoms with Crippen molar-refractivity contribution in [1.29, 1.82) is 0 Å². The van der Waals surface area contributed by atoms with Gasteiger partial charge in [-0.3, -0.25) is 4.72 Å². The molecule has 0 spiro atoms. The van der Waals surface area contributed by atoms with Crippen molar-refractivity contribution in [2.45, 2.75) is 18.3 Å². The van der Waals surface area contributed by atoms with Gasteiger partial charge in [-0.2, -0.15) is 4.98 Å². The van der Waals surface area contributed by atoms with Crippen LogP contribution in [0.4, 0.5) is 5.69 Å². The second kappa shape index (κ2) is 5.70. The van der Waals surface area contributed by atoms with Crippen LogP contribution in [0.1, 0.15) is 24.2 Å². The maximum Gasteiger partial charge on any atom is 0.257 e. The molecular weight excluding hydrogens is 338 g/mol. The molecular formula is C18H17N3O3S. The monoisotopic (exact) mass is 355 g/mol. The zero-order valence-electron chi connectivity index (χ0n) is 13.6. The molecule has 2 aromatic carbocycles. The lowest BCUT2D eigenvalue weighted by Gasteiger charge is -2.10. The first-order valence-corrected chi connectivity index (χ1v) is 9.83. The summed E-state index contributed by atoms with van der Waals surface area (Å²) in [6, 6.07) is 17.1. The van der Waals surface area contributed by atoms with Gasteiger partial charge in [-0.05, 0) is 42.7 Å². The number of anilines is 1. The lowest BCUT2D eigenvalue weighted by Crippen LogP contribution is -2.10. The van der Waals surface area contributed by atoms with E-state index in [2.05, 4.69) is 27.0 Å². The average molecular weight is 355 g/mol. The van der Waals surface area contributed by atoms with E-state index in [9.17, 15) is 8.42 Å². The number of aromatic nitrogens is 2. The number of hydrogen-bond acceptors (Lipinski definition) is 5. The Morgan fingerprint density at radius 2 is 1.72 bits per heavy atom. The molecule has 1 heterocycles. The molecule has 1 aliphatic carbocycles. The van der Waals surface area contributed by atoms with Crippen molar-refractivity contribution in [3.05, 3.63) is 66.0 Å². The number of nitrogens with zero attached hydrogens (tertiary/aromatic N) is 2. The summed E-state index contributed by atoms with van der Waals surface area (Å²) in [5.74, 6) is 1.13. The molecule has 0 radical (unpaired) electrons. The van der Waals surface area contributed by atoms with Gasteiger partial charge >= 0.3 is 0 Å². The lowest BCUT2D eigenvalue weighted by molar-refractivity contribution is 0.418. The van der Waals surface area contributed by atoms with Gasteiger partial charge in [0.25, 0.3) is 5.89 Å². The lowest BCUT2D eigenvalue weighted by atomic mass is 9.95. The SMILES string of the molecule is CS(=O)(=O)Nc1ccc(-c2nc(C3(c4ccccc4)CC3)no2)cc1. The fraction of sp³-hybridized carbons (Fsp3) is 0.222. The summed E-state index contributed by atoms with van der Waals surface area (Å²) in [5, 5.41) is 4.19. The van der Waals surface area contributed by atoms with Gasteiger partial charge in [0.15, 0.2) is 5.82 Å². The van der Waals surface area contributed by atoms with Crippen molar-refractivity contribution >= 4 is 15.7 Å². The van der Waals surface area contributed by atoms with E-state index < -0.39 is 10.0 Å². The molecule has 7 heteroatoms. The average Bonchev–Trinajstić information content (AvgIpc) is 3.25. The number of nitrogens with one attached hydrogen (secondary N) is 1. The number of benzene rings is 2. The van der Waals surface area contributed by atoms with Crippen LogP contribution in [0.25, 0.3) is 11.5 Å². The van der Waals surface area contributed by atoms with Crippen molar-refractivity contribution in [1.82, 2.24) is 10.1 Å². The van der Waals surface area contributed by atoms with Gasteiger partial charge in [0.1, 0.15) is 0 Å². The van der Waals surface area contributed by atoms with Gasteiger partial charge in [0.05, 0.1) is 11.7 Å². The van der Waals surface area contributed by atoms with E-state index in [4.69, 9.17) is 4.52 Å². The van der Waals surface area contributed by atoms with Crippen LogP contribution in [0.3, 0.4) is 0 Å². The van der Waals surface area contributed by atoms with Crippen molar-refractivity contribution in [2.24, 2.45) is 0 Å².